The number of allylic oxidation sites excluding steroid dienone is 1. The molecule has 0 atom stereocenters. The molecule has 0 aliphatic carbocycles. The van der Waals surface area contributed by atoms with Crippen LogP contribution in [0.3, 0.4) is 0 Å². The van der Waals surface area contributed by atoms with E-state index in [-0.39, 0.29) is 179 Å². The van der Waals surface area contributed by atoms with Gasteiger partial charge in [-0.2, -0.15) is 0 Å². The van der Waals surface area contributed by atoms with Crippen molar-refractivity contribution in [3.8, 4) is 34.5 Å². The van der Waals surface area contributed by atoms with Gasteiger partial charge in [-0.05, 0) is 208 Å². The van der Waals surface area contributed by atoms with Crippen LogP contribution in [0, 0.1) is 13.2 Å². The number of rotatable bonds is 30. The van der Waals surface area contributed by atoms with Crippen molar-refractivity contribution >= 4 is 186 Å². The molecule has 0 bridgehead atoms. The largest absolute Gasteiger partial charge is 0.508 e. The fraction of sp³-hybridized carbons (Fsp3) is 0.268. The first-order valence-corrected chi connectivity index (χ1v) is 43.9. The number of aldehydes is 3. The van der Waals surface area contributed by atoms with Crippen molar-refractivity contribution in [1.82, 2.24) is 20.9 Å². The number of nitrogens with one attached hydrogen (secondary N) is 3. The number of hydrogen-bond donors (Lipinski definition) is 8. The van der Waals surface area contributed by atoms with Gasteiger partial charge in [0.1, 0.15) is 63.4 Å². The van der Waals surface area contributed by atoms with Crippen LogP contribution in [0.25, 0.3) is 12.2 Å². The third-order valence-corrected chi connectivity index (χ3v) is 23.9. The molecule has 9 N–H and O–H groups in total. The van der Waals surface area contributed by atoms with Gasteiger partial charge in [-0.3, -0.25) is 33.6 Å². The summed E-state index contributed by atoms with van der Waals surface area (Å²) in [5, 5.41) is 53.3. The number of amides is 1. The number of benzene rings is 9. The molecule has 26 nitrogen and oxygen atoms in total. The molecule has 0 fully saturated rings. The number of sulfonamides is 1. The molecular weight excluding hydrogens is 2000 g/mol. The van der Waals surface area contributed by atoms with Crippen LogP contribution in [0.1, 0.15) is 118 Å². The zero-order chi connectivity index (χ0) is 92.5. The van der Waals surface area contributed by atoms with Crippen LogP contribution < -0.4 is 46.6 Å². The minimum absolute atomic E-state index is 0. The number of methoxy groups -OCH3 is 4. The smallest absolute Gasteiger partial charge is 0.430 e. The van der Waals surface area contributed by atoms with Crippen LogP contribution in [0.5, 0.6) is 34.5 Å². The summed E-state index contributed by atoms with van der Waals surface area (Å²) < 4.78 is 71.5. The predicted octanol–water partition coefficient (Wildman–Crippen LogP) is 20.9. The Kier molecular flexibility index (Phi) is 72.4. The van der Waals surface area contributed by atoms with Crippen molar-refractivity contribution in [1.29, 1.82) is 0 Å². The normalized spacial score (nSPS) is 9.99. The van der Waals surface area contributed by atoms with Gasteiger partial charge in [0, 0.05) is 74.7 Å². The molecule has 0 aliphatic heterocycles. The molecule has 740 valence electrons. The van der Waals surface area contributed by atoms with Crippen LogP contribution in [-0.2, 0) is 95.7 Å². The molecule has 1 amide bonds. The minimum atomic E-state index is -4.85. The molecule has 0 radical (unpaired) electrons. The fourth-order valence-electron chi connectivity index (χ4n) is 10.3. The number of thiazole rings is 1. The molecule has 0 unspecified atom stereocenters. The Morgan fingerprint density at radius 3 is 1.32 bits per heavy atom. The van der Waals surface area contributed by atoms with Crippen LogP contribution in [0.15, 0.2) is 222 Å². The Labute approximate surface area is 837 Å². The van der Waals surface area contributed by atoms with E-state index in [4.69, 9.17) is 89.9 Å². The summed E-state index contributed by atoms with van der Waals surface area (Å²) in [5.41, 5.74) is 7.97. The van der Waals surface area contributed by atoms with Crippen molar-refractivity contribution in [3.63, 3.8) is 0 Å². The average Bonchev–Trinajstić information content (AvgIpc) is 0.791. The van der Waals surface area contributed by atoms with E-state index in [2.05, 4.69) is 76.3 Å². The first-order chi connectivity index (χ1) is 59.6. The van der Waals surface area contributed by atoms with Gasteiger partial charge in [-0.15, -0.1) is 15.6 Å². The van der Waals surface area contributed by atoms with E-state index in [1.165, 1.54) is 97.7 Å². The number of aryl methyl sites for hydroxylation is 2. The SMILES string of the molecule is C.C.C.C.C.C.C.COC(=O)CN.COC(=O)CNC/C=C/c1cc(Cl)ccc1O.COC(=O)CNCCCc1cc(Cl)ccc1O.COC(=O)CNCCCc1cc(Cl)ccc1Oc1cc(F)c(S(=O)(=O)N(C(=O)OC(C)(C)C)c2cscn2)cc1Cl.O=C/C=C/c1cc(Cl)ccc1O.O=CC=P(c1ccccc1)(c1ccccc1)c1ccccc1.O=Cc1cc(Cl)ccc1O.[CH3-].[Pd]. The van der Waals surface area contributed by atoms with Gasteiger partial charge in [-0.25, -0.2) is 22.6 Å². The summed E-state index contributed by atoms with van der Waals surface area (Å²) in [7, 11) is 0.445. The fourth-order valence-corrected chi connectivity index (χ4v) is 17.0. The molecular formula is C97H125Cl6FN6O20PPdS2-. The molecule has 9 aromatic carbocycles. The number of carbonyl (C=O) groups excluding carboxylic acids is 8. The van der Waals surface area contributed by atoms with E-state index >= 15 is 4.39 Å². The first-order valence-electron chi connectivity index (χ1n) is 37.4. The summed E-state index contributed by atoms with van der Waals surface area (Å²) in [6, 6.07) is 56.2. The van der Waals surface area contributed by atoms with Gasteiger partial charge in [0.2, 0.25) is 0 Å². The summed E-state index contributed by atoms with van der Waals surface area (Å²) in [5.74, 6) is -0.340. The number of aromatic nitrogens is 1. The van der Waals surface area contributed by atoms with Crippen LogP contribution in [-0.4, -0.2) is 168 Å². The molecule has 0 saturated heterocycles. The molecule has 0 spiro atoms. The van der Waals surface area contributed by atoms with Gasteiger partial charge < -0.3 is 78.0 Å². The number of nitrogens with two attached hydrogens (primary N) is 1. The van der Waals surface area contributed by atoms with Crippen LogP contribution in [0.2, 0.25) is 30.1 Å². The standard InChI is InChI=1S/C26H28Cl2FN3O7S2.C20H17OP.C12H16ClNO3.C12H14ClNO3.C9H7ClO2.C7H5ClO2.C3H7NO2.7CH4.CH3.Pd/c1-26(2,3)39-25(34)32(23-14-40-15-31-23)41(35,36)22-11-18(28)21(12-19(22)29)38-20-8-7-17(27)10-16(20)6-5-9-30-13-24(33)37-4;21-16-17-22(18-10-4-1-5-11-18,19-12-6-2-7-13-19)20-14-8-3-9-15-20;2*1-17-12(16)8-14-6-2-3-9-7-10(13)4-5-11(9)15;10-8-3-4-9(12)7(6-8)2-1-5-11;8-6-1-2-7(10)5(3-6)4-9;1-6-3(5)2-4;;;;;;;;;/h7-8,10-12,14-15,30H,5-6,9,13H2,1-4H3;1-17H;4-5,7,14-15H,2-3,6,8H2,1H3;2-5,7,14-15H,6,8H2,1H3;1-6,12H;1-4,10H;2,4H2,1H3;7*1H4;1H3;/q;;;;;;;;;;;;;;-1;/b;;;3-2+;2-1+;;;;;;;;;;;. The molecule has 0 aliphatic rings. The zero-order valence-electron chi connectivity index (χ0n) is 70.0. The number of phenolic OH excluding ortho intramolecular Hbond substituents is 4. The number of carbonyl (C=O) groups is 8. The molecule has 10 aromatic rings. The Morgan fingerprint density at radius 2 is 0.925 bits per heavy atom. The molecule has 1 aromatic heterocycles. The predicted molar refractivity (Wildman–Crippen MR) is 546 cm³/mol. The van der Waals surface area contributed by atoms with Crippen LogP contribution in [0.4, 0.5) is 15.0 Å². The number of aromatic hydroxyl groups is 4. The maximum absolute atomic E-state index is 15.4. The van der Waals surface area contributed by atoms with Gasteiger partial charge in [0.25, 0.3) is 10.0 Å². The number of phenols is 4. The number of anilines is 1. The Balaban J connectivity index is -0.000000379. The first kappa shape index (κ1) is 134. The van der Waals surface area contributed by atoms with E-state index in [0.29, 0.717) is 99.0 Å². The quantitative estimate of drug-likeness (QED) is 0.00303. The maximum Gasteiger partial charge on any atom is 0.430 e. The maximum atomic E-state index is 15.4. The van der Waals surface area contributed by atoms with Gasteiger partial charge in [-0.1, -0.05) is 225 Å². The number of ether oxygens (including phenoxy) is 6. The van der Waals surface area contributed by atoms with E-state index < -0.39 is 39.3 Å². The Morgan fingerprint density at radius 1 is 0.522 bits per heavy atom. The third-order valence-electron chi connectivity index (χ3n) is 16.2. The van der Waals surface area contributed by atoms with Crippen molar-refractivity contribution in [2.24, 2.45) is 5.73 Å². The molecule has 0 saturated carbocycles. The van der Waals surface area contributed by atoms with Gasteiger partial charge in [0.05, 0.1) is 70.7 Å². The number of hydrogen-bond acceptors (Lipinski definition) is 26. The van der Waals surface area contributed by atoms with Crippen molar-refractivity contribution in [2.45, 2.75) is 109 Å². The summed E-state index contributed by atoms with van der Waals surface area (Å²) in [6.45, 7) is 4.70. The van der Waals surface area contributed by atoms with E-state index in [1.54, 1.807) is 93.6 Å². The molecule has 37 heteroatoms. The topological polar surface area (TPSA) is 385 Å². The Hall–Kier alpha value is -10.3. The second kappa shape index (κ2) is 72.1. The zero-order valence-corrected chi connectivity index (χ0v) is 78.7. The third kappa shape index (κ3) is 47.7. The van der Waals surface area contributed by atoms with Crippen molar-refractivity contribution in [2.75, 3.05) is 78.6 Å². The monoisotopic (exact) mass is 2120 g/mol. The molecule has 134 heavy (non-hydrogen) atoms. The van der Waals surface area contributed by atoms with Gasteiger partial charge >= 0.3 is 30.0 Å². The molecule has 10 rings (SSSR count). The van der Waals surface area contributed by atoms with E-state index in [0.717, 1.165) is 41.7 Å². The average molecular weight is 2130 g/mol. The summed E-state index contributed by atoms with van der Waals surface area (Å²) >= 11 is 36.4. The summed E-state index contributed by atoms with van der Waals surface area (Å²) in [6.07, 6.45) is 9.79. The van der Waals surface area contributed by atoms with E-state index in [1.807, 2.05) is 60.4 Å². The summed E-state index contributed by atoms with van der Waals surface area (Å²) in [4.78, 5) is 90.2. The van der Waals surface area contributed by atoms with Gasteiger partial charge in [0.15, 0.2) is 12.1 Å². The molecule has 1 heterocycles. The van der Waals surface area contributed by atoms with Crippen molar-refractivity contribution < 1.29 is 120 Å². The number of esters is 4. The van der Waals surface area contributed by atoms with Crippen LogP contribution >= 0.6 is 87.8 Å². The Bertz CT molecular complexity index is 5280. The number of nitrogens with zero attached hydrogens (tertiary/aromatic N) is 2. The van der Waals surface area contributed by atoms with Crippen molar-refractivity contribution in [3.05, 3.63) is 288 Å². The second-order valence-corrected chi connectivity index (χ2v) is 34.6. The second-order valence-electron chi connectivity index (χ2n) is 26.3. The number of halogens is 7. The minimum Gasteiger partial charge on any atom is -0.508 e. The van der Waals surface area contributed by atoms with E-state index in [9.17, 15) is 62.1 Å².